The zero-order valence-corrected chi connectivity index (χ0v) is 16.0. The van der Waals surface area contributed by atoms with Gasteiger partial charge in [-0.1, -0.05) is 23.9 Å². The predicted octanol–water partition coefficient (Wildman–Crippen LogP) is 5.46. The van der Waals surface area contributed by atoms with Crippen molar-refractivity contribution in [1.82, 2.24) is 4.98 Å². The fourth-order valence-electron chi connectivity index (χ4n) is 2.40. The van der Waals surface area contributed by atoms with Crippen LogP contribution in [0, 0.1) is 0 Å². The van der Waals surface area contributed by atoms with Gasteiger partial charge in [0.15, 0.2) is 4.34 Å². The molecular weight excluding hydrogens is 384 g/mol. The molecule has 4 nitrogen and oxygen atoms in total. The number of benzene rings is 2. The van der Waals surface area contributed by atoms with E-state index in [0.29, 0.717) is 5.75 Å². The Morgan fingerprint density at radius 1 is 1.04 bits per heavy atom. The molecule has 2 heterocycles. The van der Waals surface area contributed by atoms with Crippen LogP contribution in [0.15, 0.2) is 65.0 Å². The molecule has 0 atom stereocenters. The quantitative estimate of drug-likeness (QED) is 0.438. The number of aromatic hydroxyl groups is 1. The minimum Gasteiger partial charge on any atom is -0.508 e. The fraction of sp³-hybridized carbons (Fsp3) is 0.0526. The van der Waals surface area contributed by atoms with E-state index in [1.54, 1.807) is 23.5 Å². The molecule has 7 heteroatoms. The SMILES string of the molecule is O=C(CSc1nc2ccccc2s1)Nc1ccc(-c2ccc(O)cc2)s1. The second-order valence-corrected chi connectivity index (χ2v) is 8.83. The summed E-state index contributed by atoms with van der Waals surface area (Å²) in [6.07, 6.45) is 0. The first kappa shape index (κ1) is 17.1. The number of phenols is 1. The molecule has 130 valence electrons. The minimum absolute atomic E-state index is 0.0478. The number of anilines is 1. The summed E-state index contributed by atoms with van der Waals surface area (Å²) in [6.45, 7) is 0. The monoisotopic (exact) mass is 398 g/mol. The Labute approximate surface area is 162 Å². The number of hydrogen-bond donors (Lipinski definition) is 2. The Morgan fingerprint density at radius 3 is 2.65 bits per heavy atom. The van der Waals surface area contributed by atoms with E-state index in [1.165, 1.54) is 23.1 Å². The van der Waals surface area contributed by atoms with Gasteiger partial charge in [-0.15, -0.1) is 22.7 Å². The number of thiophene rings is 1. The van der Waals surface area contributed by atoms with Crippen LogP contribution in [0.1, 0.15) is 0 Å². The number of thioether (sulfide) groups is 1. The maximum absolute atomic E-state index is 12.2. The number of nitrogens with zero attached hydrogens (tertiary/aromatic N) is 1. The van der Waals surface area contributed by atoms with Crippen molar-refractivity contribution in [2.45, 2.75) is 4.34 Å². The molecule has 0 aliphatic rings. The van der Waals surface area contributed by atoms with Crippen molar-refractivity contribution in [1.29, 1.82) is 0 Å². The molecule has 0 spiro atoms. The van der Waals surface area contributed by atoms with Gasteiger partial charge < -0.3 is 10.4 Å². The van der Waals surface area contributed by atoms with E-state index in [0.717, 1.165) is 30.0 Å². The van der Waals surface area contributed by atoms with Crippen LogP contribution in [0.2, 0.25) is 0 Å². The lowest BCUT2D eigenvalue weighted by atomic mass is 10.2. The van der Waals surface area contributed by atoms with E-state index in [2.05, 4.69) is 10.3 Å². The molecule has 1 amide bonds. The summed E-state index contributed by atoms with van der Waals surface area (Å²) >= 11 is 4.56. The number of carbonyl (C=O) groups is 1. The van der Waals surface area contributed by atoms with Crippen LogP contribution < -0.4 is 5.32 Å². The molecule has 0 fully saturated rings. The number of amides is 1. The highest BCUT2D eigenvalue weighted by molar-refractivity contribution is 8.01. The molecule has 0 aliphatic heterocycles. The number of fused-ring (bicyclic) bond motifs is 1. The predicted molar refractivity (Wildman–Crippen MR) is 110 cm³/mol. The number of aromatic nitrogens is 1. The van der Waals surface area contributed by atoms with Gasteiger partial charge in [-0.3, -0.25) is 4.79 Å². The fourth-order valence-corrected chi connectivity index (χ4v) is 5.20. The Bertz CT molecular complexity index is 1020. The van der Waals surface area contributed by atoms with Crippen LogP contribution in [0.25, 0.3) is 20.7 Å². The van der Waals surface area contributed by atoms with Gasteiger partial charge in [-0.05, 0) is 54.1 Å². The maximum atomic E-state index is 12.2. The summed E-state index contributed by atoms with van der Waals surface area (Å²) in [4.78, 5) is 17.8. The third-order valence-corrected chi connectivity index (χ3v) is 6.85. The molecule has 0 aliphatic carbocycles. The van der Waals surface area contributed by atoms with Crippen LogP contribution >= 0.6 is 34.4 Å². The van der Waals surface area contributed by atoms with Crippen molar-refractivity contribution in [2.75, 3.05) is 11.1 Å². The van der Waals surface area contributed by atoms with E-state index in [1.807, 2.05) is 48.5 Å². The Balaban J connectivity index is 1.36. The Hall–Kier alpha value is -2.35. The normalized spacial score (nSPS) is 10.9. The van der Waals surface area contributed by atoms with Crippen molar-refractivity contribution < 1.29 is 9.90 Å². The number of phenolic OH excluding ortho intramolecular Hbond substituents is 1. The van der Waals surface area contributed by atoms with Crippen molar-refractivity contribution in [2.24, 2.45) is 0 Å². The van der Waals surface area contributed by atoms with Crippen LogP contribution in [0.3, 0.4) is 0 Å². The molecule has 2 aromatic carbocycles. The average Bonchev–Trinajstić information content (AvgIpc) is 3.27. The van der Waals surface area contributed by atoms with Crippen LogP contribution in [0.5, 0.6) is 5.75 Å². The Morgan fingerprint density at radius 2 is 1.85 bits per heavy atom. The summed E-state index contributed by atoms with van der Waals surface area (Å²) in [6, 6.07) is 18.9. The number of carbonyl (C=O) groups excluding carboxylic acids is 1. The molecular formula is C19H14N2O2S3. The van der Waals surface area contributed by atoms with Crippen molar-refractivity contribution >= 4 is 55.6 Å². The largest absolute Gasteiger partial charge is 0.508 e. The second-order valence-electron chi connectivity index (χ2n) is 5.50. The molecule has 0 saturated heterocycles. The molecule has 2 aromatic heterocycles. The smallest absolute Gasteiger partial charge is 0.235 e. The van der Waals surface area contributed by atoms with Gasteiger partial charge in [0, 0.05) is 4.88 Å². The van der Waals surface area contributed by atoms with Gasteiger partial charge in [0.1, 0.15) is 5.75 Å². The van der Waals surface area contributed by atoms with Gasteiger partial charge in [-0.2, -0.15) is 0 Å². The first-order chi connectivity index (χ1) is 12.7. The average molecular weight is 399 g/mol. The summed E-state index contributed by atoms with van der Waals surface area (Å²) in [7, 11) is 0. The van der Waals surface area contributed by atoms with E-state index in [-0.39, 0.29) is 11.7 Å². The zero-order valence-electron chi connectivity index (χ0n) is 13.5. The van der Waals surface area contributed by atoms with Crippen LogP contribution in [-0.2, 0) is 4.79 Å². The molecule has 4 rings (SSSR count). The number of hydrogen-bond acceptors (Lipinski definition) is 6. The third kappa shape index (κ3) is 3.90. The lowest BCUT2D eigenvalue weighted by molar-refractivity contribution is -0.113. The molecule has 0 bridgehead atoms. The molecule has 4 aromatic rings. The van der Waals surface area contributed by atoms with Gasteiger partial charge in [0.25, 0.3) is 0 Å². The summed E-state index contributed by atoms with van der Waals surface area (Å²) in [5.74, 6) is 0.519. The van der Waals surface area contributed by atoms with E-state index in [9.17, 15) is 9.90 Å². The number of para-hydroxylation sites is 1. The number of nitrogens with one attached hydrogen (secondary N) is 1. The van der Waals surface area contributed by atoms with Crippen LogP contribution in [0.4, 0.5) is 5.00 Å². The molecule has 0 saturated carbocycles. The van der Waals surface area contributed by atoms with Gasteiger partial charge in [0.05, 0.1) is 21.0 Å². The van der Waals surface area contributed by atoms with E-state index >= 15 is 0 Å². The van der Waals surface area contributed by atoms with Crippen molar-refractivity contribution in [3.05, 3.63) is 60.7 Å². The van der Waals surface area contributed by atoms with Crippen molar-refractivity contribution in [3.63, 3.8) is 0 Å². The molecule has 0 radical (unpaired) electrons. The third-order valence-electron chi connectivity index (χ3n) is 3.62. The van der Waals surface area contributed by atoms with Gasteiger partial charge in [0.2, 0.25) is 5.91 Å². The van der Waals surface area contributed by atoms with E-state index in [4.69, 9.17) is 0 Å². The summed E-state index contributed by atoms with van der Waals surface area (Å²) < 4.78 is 2.03. The highest BCUT2D eigenvalue weighted by atomic mass is 32.2. The first-order valence-corrected chi connectivity index (χ1v) is 10.5. The first-order valence-electron chi connectivity index (χ1n) is 7.85. The summed E-state index contributed by atoms with van der Waals surface area (Å²) in [5.41, 5.74) is 1.98. The molecule has 2 N–H and O–H groups in total. The lowest BCUT2D eigenvalue weighted by Crippen LogP contribution is -2.12. The highest BCUT2D eigenvalue weighted by Crippen LogP contribution is 2.33. The summed E-state index contributed by atoms with van der Waals surface area (Å²) in [5, 5.41) is 13.1. The zero-order chi connectivity index (χ0) is 17.9. The number of rotatable bonds is 5. The Kier molecular flexibility index (Phi) is 4.92. The highest BCUT2D eigenvalue weighted by Gasteiger charge is 2.10. The number of thiazole rings is 1. The molecule has 26 heavy (non-hydrogen) atoms. The lowest BCUT2D eigenvalue weighted by Gasteiger charge is -2.01. The second kappa shape index (κ2) is 7.49. The van der Waals surface area contributed by atoms with E-state index < -0.39 is 0 Å². The standard InChI is InChI=1S/C19H14N2O2S3/c22-13-7-5-12(6-8-13)15-9-10-18(25-15)21-17(23)11-24-19-20-14-3-1-2-4-16(14)26-19/h1-10,22H,11H2,(H,21,23). The van der Waals surface area contributed by atoms with Crippen molar-refractivity contribution in [3.8, 4) is 16.2 Å². The van der Waals surface area contributed by atoms with Gasteiger partial charge >= 0.3 is 0 Å². The minimum atomic E-state index is -0.0478. The maximum Gasteiger partial charge on any atom is 0.235 e. The van der Waals surface area contributed by atoms with Crippen LogP contribution in [-0.4, -0.2) is 21.8 Å². The topological polar surface area (TPSA) is 62.2 Å². The molecule has 0 unspecified atom stereocenters. The van der Waals surface area contributed by atoms with Gasteiger partial charge in [-0.25, -0.2) is 4.98 Å².